The topological polar surface area (TPSA) is 47.2 Å². The van der Waals surface area contributed by atoms with Crippen molar-refractivity contribution in [3.63, 3.8) is 0 Å². The van der Waals surface area contributed by atoms with E-state index in [1.165, 1.54) is 0 Å². The van der Waals surface area contributed by atoms with Gasteiger partial charge in [0.25, 0.3) is 0 Å². The van der Waals surface area contributed by atoms with Crippen LogP contribution in [0, 0.1) is 0 Å². The Morgan fingerprint density at radius 3 is 3.11 bits per heavy atom. The largest absolute Gasteiger partial charge is 0.325 e. The molecule has 0 aliphatic carbocycles. The lowest BCUT2D eigenvalue weighted by atomic mass is 10.2. The Balaban J connectivity index is 1.88. The molecule has 3 aromatic rings. The van der Waals surface area contributed by atoms with Gasteiger partial charge in [-0.3, -0.25) is 0 Å². The lowest BCUT2D eigenvalue weighted by molar-refractivity contribution is 0.550. The van der Waals surface area contributed by atoms with Gasteiger partial charge in [0.15, 0.2) is 5.82 Å². The van der Waals surface area contributed by atoms with Gasteiger partial charge in [-0.1, -0.05) is 6.07 Å². The van der Waals surface area contributed by atoms with Gasteiger partial charge in [-0.05, 0) is 31.2 Å². The normalized spacial score (nSPS) is 19.3. The maximum atomic E-state index is 4.54. The SMILES string of the molecule is c1cc(-c2nccn2[C@@H]2CCNC2)n2nccc2c1. The summed E-state index contributed by atoms with van der Waals surface area (Å²) in [7, 11) is 0. The first-order chi connectivity index (χ1) is 9.43. The standard InChI is InChI=1S/C14H15N5/c1-2-11-5-7-17-19(11)13(3-1)14-16-8-9-18(14)12-4-6-15-10-12/h1-3,5,7-9,12,15H,4,6,10H2/t12-/m1/s1. The zero-order valence-corrected chi connectivity index (χ0v) is 10.5. The Bertz CT molecular complexity index is 705. The predicted octanol–water partition coefficient (Wildman–Crippen LogP) is 1.73. The third-order valence-electron chi connectivity index (χ3n) is 3.75. The van der Waals surface area contributed by atoms with E-state index in [2.05, 4.69) is 44.4 Å². The fourth-order valence-corrected chi connectivity index (χ4v) is 2.80. The highest BCUT2D eigenvalue weighted by Gasteiger charge is 2.20. The lowest BCUT2D eigenvalue weighted by Crippen LogP contribution is -2.14. The van der Waals surface area contributed by atoms with E-state index < -0.39 is 0 Å². The summed E-state index contributed by atoms with van der Waals surface area (Å²) in [5.41, 5.74) is 2.14. The van der Waals surface area contributed by atoms with E-state index >= 15 is 0 Å². The quantitative estimate of drug-likeness (QED) is 0.756. The highest BCUT2D eigenvalue weighted by molar-refractivity contribution is 5.59. The fraction of sp³-hybridized carbons (Fsp3) is 0.286. The van der Waals surface area contributed by atoms with E-state index in [1.807, 2.05) is 23.0 Å². The molecule has 0 aromatic carbocycles. The number of nitrogens with zero attached hydrogens (tertiary/aromatic N) is 4. The lowest BCUT2D eigenvalue weighted by Gasteiger charge is -2.14. The molecule has 0 saturated carbocycles. The smallest absolute Gasteiger partial charge is 0.159 e. The van der Waals surface area contributed by atoms with Crippen LogP contribution in [0.1, 0.15) is 12.5 Å². The van der Waals surface area contributed by atoms with Crippen LogP contribution in [0.3, 0.4) is 0 Å². The van der Waals surface area contributed by atoms with Crippen molar-refractivity contribution in [1.29, 1.82) is 0 Å². The van der Waals surface area contributed by atoms with E-state index in [-0.39, 0.29) is 0 Å². The van der Waals surface area contributed by atoms with Crippen molar-refractivity contribution < 1.29 is 0 Å². The second-order valence-corrected chi connectivity index (χ2v) is 4.88. The van der Waals surface area contributed by atoms with Crippen LogP contribution in [0.25, 0.3) is 17.0 Å². The van der Waals surface area contributed by atoms with Crippen LogP contribution in [0.5, 0.6) is 0 Å². The average Bonchev–Trinajstić information content (AvgIpc) is 3.18. The number of hydrogen-bond donors (Lipinski definition) is 1. The van der Waals surface area contributed by atoms with Gasteiger partial charge in [0.05, 0.1) is 11.7 Å². The highest BCUT2D eigenvalue weighted by atomic mass is 15.2. The Hall–Kier alpha value is -2.14. The van der Waals surface area contributed by atoms with E-state index in [9.17, 15) is 0 Å². The number of hydrogen-bond acceptors (Lipinski definition) is 3. The minimum Gasteiger partial charge on any atom is -0.325 e. The molecule has 1 fully saturated rings. The van der Waals surface area contributed by atoms with Crippen molar-refractivity contribution in [1.82, 2.24) is 24.5 Å². The Kier molecular flexibility index (Phi) is 2.38. The fourth-order valence-electron chi connectivity index (χ4n) is 2.80. The first-order valence-corrected chi connectivity index (χ1v) is 6.60. The summed E-state index contributed by atoms with van der Waals surface area (Å²) >= 11 is 0. The van der Waals surface area contributed by atoms with Crippen LogP contribution in [-0.2, 0) is 0 Å². The van der Waals surface area contributed by atoms with Crippen molar-refractivity contribution in [2.24, 2.45) is 0 Å². The molecular weight excluding hydrogens is 238 g/mol. The molecule has 4 rings (SSSR count). The Morgan fingerprint density at radius 2 is 2.21 bits per heavy atom. The van der Waals surface area contributed by atoms with Gasteiger partial charge in [-0.2, -0.15) is 5.10 Å². The zero-order chi connectivity index (χ0) is 12.7. The zero-order valence-electron chi connectivity index (χ0n) is 10.5. The molecule has 3 aromatic heterocycles. The molecule has 1 atom stereocenters. The summed E-state index contributed by atoms with van der Waals surface area (Å²) in [6.45, 7) is 2.09. The molecule has 5 nitrogen and oxygen atoms in total. The summed E-state index contributed by atoms with van der Waals surface area (Å²) in [4.78, 5) is 4.54. The van der Waals surface area contributed by atoms with Crippen LogP contribution in [0.2, 0.25) is 0 Å². The molecule has 1 saturated heterocycles. The van der Waals surface area contributed by atoms with Crippen LogP contribution in [0.4, 0.5) is 0 Å². The Labute approximate surface area is 110 Å². The van der Waals surface area contributed by atoms with Gasteiger partial charge >= 0.3 is 0 Å². The van der Waals surface area contributed by atoms with E-state index in [4.69, 9.17) is 0 Å². The highest BCUT2D eigenvalue weighted by Crippen LogP contribution is 2.24. The van der Waals surface area contributed by atoms with Crippen molar-refractivity contribution in [2.75, 3.05) is 13.1 Å². The second kappa shape index (κ2) is 4.20. The van der Waals surface area contributed by atoms with E-state index in [1.54, 1.807) is 0 Å². The Morgan fingerprint density at radius 1 is 1.21 bits per heavy atom. The number of rotatable bonds is 2. The summed E-state index contributed by atoms with van der Waals surface area (Å²) < 4.78 is 4.21. The van der Waals surface area contributed by atoms with E-state index in [0.717, 1.165) is 36.5 Å². The maximum Gasteiger partial charge on any atom is 0.159 e. The molecule has 4 heterocycles. The summed E-state index contributed by atoms with van der Waals surface area (Å²) in [5, 5.41) is 7.79. The third-order valence-corrected chi connectivity index (χ3v) is 3.75. The molecule has 0 unspecified atom stereocenters. The van der Waals surface area contributed by atoms with Crippen LogP contribution in [0.15, 0.2) is 42.9 Å². The number of fused-ring (bicyclic) bond motifs is 1. The average molecular weight is 253 g/mol. The van der Waals surface area contributed by atoms with Crippen molar-refractivity contribution in [2.45, 2.75) is 12.5 Å². The first kappa shape index (κ1) is 10.8. The van der Waals surface area contributed by atoms with Crippen LogP contribution >= 0.6 is 0 Å². The van der Waals surface area contributed by atoms with Crippen LogP contribution < -0.4 is 5.32 Å². The molecule has 96 valence electrons. The summed E-state index contributed by atoms with van der Waals surface area (Å²) in [6.07, 6.45) is 6.91. The first-order valence-electron chi connectivity index (χ1n) is 6.60. The summed E-state index contributed by atoms with van der Waals surface area (Å²) in [6, 6.07) is 8.68. The van der Waals surface area contributed by atoms with Crippen molar-refractivity contribution in [3.05, 3.63) is 42.9 Å². The van der Waals surface area contributed by atoms with Gasteiger partial charge in [-0.15, -0.1) is 0 Å². The van der Waals surface area contributed by atoms with Gasteiger partial charge in [0.1, 0.15) is 5.69 Å². The molecule has 0 spiro atoms. The van der Waals surface area contributed by atoms with Gasteiger partial charge < -0.3 is 9.88 Å². The molecule has 1 N–H and O–H groups in total. The monoisotopic (exact) mass is 253 g/mol. The molecule has 0 amide bonds. The molecule has 1 aliphatic rings. The second-order valence-electron chi connectivity index (χ2n) is 4.88. The van der Waals surface area contributed by atoms with Crippen molar-refractivity contribution >= 4 is 5.52 Å². The number of aromatic nitrogens is 4. The predicted molar refractivity (Wildman–Crippen MR) is 72.9 cm³/mol. The van der Waals surface area contributed by atoms with Gasteiger partial charge in [0.2, 0.25) is 0 Å². The third kappa shape index (κ3) is 1.66. The molecule has 5 heteroatoms. The van der Waals surface area contributed by atoms with Gasteiger partial charge in [0, 0.05) is 25.0 Å². The van der Waals surface area contributed by atoms with Crippen LogP contribution in [-0.4, -0.2) is 32.3 Å². The number of nitrogens with one attached hydrogen (secondary N) is 1. The number of pyridine rings is 1. The number of imidazole rings is 1. The molecule has 19 heavy (non-hydrogen) atoms. The summed E-state index contributed by atoms with van der Waals surface area (Å²) in [5.74, 6) is 0.989. The maximum absolute atomic E-state index is 4.54. The minimum atomic E-state index is 0.489. The molecule has 0 bridgehead atoms. The van der Waals surface area contributed by atoms with Crippen molar-refractivity contribution in [3.8, 4) is 11.5 Å². The molecule has 0 radical (unpaired) electrons. The van der Waals surface area contributed by atoms with Gasteiger partial charge in [-0.25, -0.2) is 9.50 Å². The molecular formula is C14H15N5. The minimum absolute atomic E-state index is 0.489. The van der Waals surface area contributed by atoms with E-state index in [0.29, 0.717) is 6.04 Å². The molecule has 1 aliphatic heterocycles.